The molecular formula is C8H12N2O4. The molecule has 0 aromatic carbocycles. The number of nitrogens with zero attached hydrogens (tertiary/aromatic N) is 1. The molecule has 0 radical (unpaired) electrons. The van der Waals surface area contributed by atoms with Crippen LogP contribution in [-0.2, 0) is 4.74 Å². The molecule has 6 nitrogen and oxygen atoms in total. The van der Waals surface area contributed by atoms with Gasteiger partial charge in [-0.1, -0.05) is 0 Å². The molecule has 1 rings (SSSR count). The average molecular weight is 200 g/mol. The quantitative estimate of drug-likeness (QED) is 0.494. The van der Waals surface area contributed by atoms with Gasteiger partial charge >= 0.3 is 5.70 Å². The molecule has 0 aromatic rings. The number of dihydropyridines is 1. The van der Waals surface area contributed by atoms with Crippen LogP contribution < -0.4 is 5.32 Å². The first-order valence-electron chi connectivity index (χ1n) is 4.06. The van der Waals surface area contributed by atoms with Gasteiger partial charge in [0, 0.05) is 12.8 Å². The molecular weight excluding hydrogens is 188 g/mol. The van der Waals surface area contributed by atoms with Crippen molar-refractivity contribution in [3.63, 3.8) is 0 Å². The fourth-order valence-corrected chi connectivity index (χ4v) is 1.33. The van der Waals surface area contributed by atoms with Crippen LogP contribution in [0.15, 0.2) is 23.0 Å². The number of aliphatic hydroxyl groups excluding tert-OH is 1. The number of rotatable bonds is 3. The molecule has 1 heterocycles. The van der Waals surface area contributed by atoms with Crippen LogP contribution >= 0.6 is 0 Å². The van der Waals surface area contributed by atoms with E-state index in [1.165, 1.54) is 13.2 Å². The number of hydrogen-bond donors (Lipinski definition) is 2. The van der Waals surface area contributed by atoms with Crippen molar-refractivity contribution in [3.05, 3.63) is 33.2 Å². The predicted molar refractivity (Wildman–Crippen MR) is 48.8 cm³/mol. The second-order valence-corrected chi connectivity index (χ2v) is 2.91. The second-order valence-electron chi connectivity index (χ2n) is 2.91. The Morgan fingerprint density at radius 3 is 2.86 bits per heavy atom. The van der Waals surface area contributed by atoms with Crippen molar-refractivity contribution in [1.82, 2.24) is 5.32 Å². The van der Waals surface area contributed by atoms with E-state index in [4.69, 9.17) is 9.84 Å². The van der Waals surface area contributed by atoms with Gasteiger partial charge in [-0.2, -0.15) is 0 Å². The minimum absolute atomic E-state index is 0.138. The van der Waals surface area contributed by atoms with Gasteiger partial charge in [-0.3, -0.25) is 10.1 Å². The van der Waals surface area contributed by atoms with Gasteiger partial charge in [-0.25, -0.2) is 0 Å². The van der Waals surface area contributed by atoms with Gasteiger partial charge in [0.05, 0.1) is 17.1 Å². The van der Waals surface area contributed by atoms with Crippen molar-refractivity contribution in [2.45, 2.75) is 13.2 Å². The van der Waals surface area contributed by atoms with Gasteiger partial charge < -0.3 is 15.2 Å². The number of hydrogen-bond acceptors (Lipinski definition) is 5. The summed E-state index contributed by atoms with van der Waals surface area (Å²) in [5.74, 6) is 0. The molecule has 1 unspecified atom stereocenters. The summed E-state index contributed by atoms with van der Waals surface area (Å²) >= 11 is 0. The number of aliphatic hydroxyl groups is 1. The third kappa shape index (κ3) is 1.91. The molecule has 78 valence electrons. The normalized spacial score (nSPS) is 21.6. The van der Waals surface area contributed by atoms with Gasteiger partial charge in [-0.05, 0) is 13.0 Å². The monoisotopic (exact) mass is 200 g/mol. The summed E-state index contributed by atoms with van der Waals surface area (Å²) in [6, 6.07) is 0. The summed E-state index contributed by atoms with van der Waals surface area (Å²) in [6.07, 6.45) is 0.741. The zero-order valence-corrected chi connectivity index (χ0v) is 7.98. The lowest BCUT2D eigenvalue weighted by Gasteiger charge is -2.21. The second kappa shape index (κ2) is 4.21. The number of methoxy groups -OCH3 is 1. The van der Waals surface area contributed by atoms with E-state index >= 15 is 0 Å². The third-order valence-corrected chi connectivity index (χ3v) is 1.93. The van der Waals surface area contributed by atoms with Crippen LogP contribution in [0, 0.1) is 10.1 Å². The molecule has 0 fully saturated rings. The molecule has 1 aliphatic heterocycles. The predicted octanol–water partition coefficient (Wildman–Crippen LogP) is -0.0110. The first-order valence-corrected chi connectivity index (χ1v) is 4.06. The Morgan fingerprint density at radius 2 is 2.43 bits per heavy atom. The standard InChI is InChI=1S/C8H12N2O4/c1-5-3-6(4-11)7(10(12)13)8(9-5)14-2/h3,8-9,11H,4H2,1-2H3. The van der Waals surface area contributed by atoms with Gasteiger partial charge in [0.2, 0.25) is 6.23 Å². The van der Waals surface area contributed by atoms with Crippen LogP contribution in [0.2, 0.25) is 0 Å². The van der Waals surface area contributed by atoms with Crippen molar-refractivity contribution < 1.29 is 14.8 Å². The van der Waals surface area contributed by atoms with Crippen LogP contribution in [0.3, 0.4) is 0 Å². The van der Waals surface area contributed by atoms with Crippen LogP contribution in [0.25, 0.3) is 0 Å². The highest BCUT2D eigenvalue weighted by Crippen LogP contribution is 2.18. The van der Waals surface area contributed by atoms with Gasteiger partial charge in [0.1, 0.15) is 0 Å². The molecule has 0 amide bonds. The molecule has 0 saturated carbocycles. The molecule has 0 saturated heterocycles. The molecule has 1 atom stereocenters. The first-order chi connectivity index (χ1) is 6.60. The van der Waals surface area contributed by atoms with E-state index in [-0.39, 0.29) is 17.9 Å². The highest BCUT2D eigenvalue weighted by atomic mass is 16.6. The Labute approximate surface area is 81.0 Å². The molecule has 2 N–H and O–H groups in total. The third-order valence-electron chi connectivity index (χ3n) is 1.93. The van der Waals surface area contributed by atoms with Crippen molar-refractivity contribution in [3.8, 4) is 0 Å². The Morgan fingerprint density at radius 1 is 1.79 bits per heavy atom. The minimum atomic E-state index is -0.794. The summed E-state index contributed by atoms with van der Waals surface area (Å²) in [5, 5.41) is 22.4. The molecule has 6 heteroatoms. The number of ether oxygens (including phenoxy) is 1. The van der Waals surface area contributed by atoms with E-state index in [0.717, 1.165) is 5.70 Å². The van der Waals surface area contributed by atoms with Crippen molar-refractivity contribution >= 4 is 0 Å². The van der Waals surface area contributed by atoms with Crippen LogP contribution in [0.4, 0.5) is 0 Å². The highest BCUT2D eigenvalue weighted by molar-refractivity contribution is 5.31. The first kappa shape index (κ1) is 10.7. The minimum Gasteiger partial charge on any atom is -0.391 e. The Kier molecular flexibility index (Phi) is 3.21. The van der Waals surface area contributed by atoms with E-state index in [1.807, 2.05) is 0 Å². The van der Waals surface area contributed by atoms with Crippen LogP contribution in [0.1, 0.15) is 6.92 Å². The molecule has 14 heavy (non-hydrogen) atoms. The molecule has 0 aromatic heterocycles. The van der Waals surface area contributed by atoms with Gasteiger partial charge in [-0.15, -0.1) is 0 Å². The summed E-state index contributed by atoms with van der Waals surface area (Å²) in [4.78, 5) is 10.1. The maximum atomic E-state index is 10.7. The van der Waals surface area contributed by atoms with Crippen molar-refractivity contribution in [2.24, 2.45) is 0 Å². The summed E-state index contributed by atoms with van der Waals surface area (Å²) in [5.41, 5.74) is 0.866. The molecule has 0 spiro atoms. The Hall–Kier alpha value is -1.40. The lowest BCUT2D eigenvalue weighted by molar-refractivity contribution is -0.439. The summed E-state index contributed by atoms with van der Waals surface area (Å²) in [6.45, 7) is 1.38. The lowest BCUT2D eigenvalue weighted by Crippen LogP contribution is -2.38. The highest BCUT2D eigenvalue weighted by Gasteiger charge is 2.31. The van der Waals surface area contributed by atoms with E-state index in [1.54, 1.807) is 6.92 Å². The van der Waals surface area contributed by atoms with Crippen LogP contribution in [-0.4, -0.2) is 30.0 Å². The molecule has 1 aliphatic rings. The molecule has 0 aliphatic carbocycles. The van der Waals surface area contributed by atoms with Crippen molar-refractivity contribution in [2.75, 3.05) is 13.7 Å². The van der Waals surface area contributed by atoms with Crippen molar-refractivity contribution in [1.29, 1.82) is 0 Å². The fraction of sp³-hybridized carbons (Fsp3) is 0.500. The van der Waals surface area contributed by atoms with E-state index < -0.39 is 11.2 Å². The fourth-order valence-electron chi connectivity index (χ4n) is 1.33. The number of allylic oxidation sites excluding steroid dienone is 1. The van der Waals surface area contributed by atoms with E-state index in [9.17, 15) is 10.1 Å². The number of nitrogens with one attached hydrogen (secondary N) is 1. The Bertz CT molecular complexity index is 308. The number of nitro groups is 1. The zero-order valence-electron chi connectivity index (χ0n) is 7.98. The van der Waals surface area contributed by atoms with Crippen LogP contribution in [0.5, 0.6) is 0 Å². The largest absolute Gasteiger partial charge is 0.391 e. The summed E-state index contributed by atoms with van der Waals surface area (Å²) < 4.78 is 4.90. The topological polar surface area (TPSA) is 84.6 Å². The molecule has 0 bridgehead atoms. The van der Waals surface area contributed by atoms with E-state index in [0.29, 0.717) is 0 Å². The SMILES string of the molecule is COC1NC(C)=CC(CO)=C1[N+](=O)[O-]. The van der Waals surface area contributed by atoms with E-state index in [2.05, 4.69) is 5.32 Å². The van der Waals surface area contributed by atoms with Gasteiger partial charge in [0.25, 0.3) is 0 Å². The lowest BCUT2D eigenvalue weighted by atomic mass is 10.1. The maximum Gasteiger partial charge on any atom is 0.300 e. The summed E-state index contributed by atoms with van der Waals surface area (Å²) in [7, 11) is 1.37. The maximum absolute atomic E-state index is 10.7. The smallest absolute Gasteiger partial charge is 0.300 e. The average Bonchev–Trinajstić information content (AvgIpc) is 2.15. The Balaban J connectivity index is 3.13. The van der Waals surface area contributed by atoms with Gasteiger partial charge in [0.15, 0.2) is 0 Å². The zero-order chi connectivity index (χ0) is 10.7.